The monoisotopic (exact) mass is 507 g/mol. The summed E-state index contributed by atoms with van der Waals surface area (Å²) in [5.41, 5.74) is 6.08. The lowest BCUT2D eigenvalue weighted by Crippen LogP contribution is -2.35. The van der Waals surface area contributed by atoms with Gasteiger partial charge in [-0.05, 0) is 73.5 Å². The number of aromatic amines is 1. The molecule has 2 aliphatic heterocycles. The van der Waals surface area contributed by atoms with Crippen molar-refractivity contribution in [2.75, 3.05) is 18.0 Å². The molecule has 8 heteroatoms. The molecule has 1 saturated carbocycles. The number of hydrogen-bond donors (Lipinski definition) is 2. The molecule has 2 unspecified atom stereocenters. The van der Waals surface area contributed by atoms with E-state index in [1.165, 1.54) is 23.8 Å². The fraction of sp³-hybridized carbons (Fsp3) is 0.310. The van der Waals surface area contributed by atoms with Gasteiger partial charge in [0.1, 0.15) is 11.5 Å². The number of H-pyrrole nitrogens is 1. The van der Waals surface area contributed by atoms with E-state index in [9.17, 15) is 0 Å². The van der Waals surface area contributed by atoms with Crippen LogP contribution >= 0.6 is 11.6 Å². The highest BCUT2D eigenvalue weighted by atomic mass is 35.5. The minimum atomic E-state index is 0.479. The molecule has 2 atom stereocenters. The number of hydrogen-bond acceptors (Lipinski definition) is 6. The molecular formula is C29H26ClN7. The van der Waals surface area contributed by atoms with Crippen LogP contribution in [0.4, 0.5) is 5.82 Å². The highest BCUT2D eigenvalue weighted by Crippen LogP contribution is 2.46. The van der Waals surface area contributed by atoms with Gasteiger partial charge in [-0.3, -0.25) is 4.98 Å². The predicted octanol–water partition coefficient (Wildman–Crippen LogP) is 5.71. The minimum absolute atomic E-state index is 0.479. The highest BCUT2D eigenvalue weighted by molar-refractivity contribution is 6.30. The largest absolute Gasteiger partial charge is 0.351 e. The Morgan fingerprint density at radius 1 is 0.973 bits per heavy atom. The Kier molecular flexibility index (Phi) is 4.79. The molecule has 2 saturated heterocycles. The first-order chi connectivity index (χ1) is 18.2. The number of pyridine rings is 2. The number of halogens is 1. The Morgan fingerprint density at radius 3 is 2.73 bits per heavy atom. The van der Waals surface area contributed by atoms with E-state index in [-0.39, 0.29) is 0 Å². The smallest absolute Gasteiger partial charge is 0.163 e. The number of benzene rings is 1. The van der Waals surface area contributed by atoms with Gasteiger partial charge in [0.2, 0.25) is 0 Å². The molecule has 1 aromatic carbocycles. The molecule has 0 spiro atoms. The zero-order valence-electron chi connectivity index (χ0n) is 20.3. The van der Waals surface area contributed by atoms with Crippen LogP contribution in [0.2, 0.25) is 5.02 Å². The number of nitrogens with one attached hydrogen (secondary N) is 2. The Morgan fingerprint density at radius 2 is 1.86 bits per heavy atom. The molecule has 0 radical (unpaired) electrons. The molecule has 184 valence electrons. The maximum absolute atomic E-state index is 6.12. The molecule has 3 fully saturated rings. The second kappa shape index (κ2) is 8.23. The van der Waals surface area contributed by atoms with Gasteiger partial charge in [0.05, 0.1) is 11.7 Å². The molecule has 2 N–H and O–H groups in total. The molecule has 6 heterocycles. The van der Waals surface area contributed by atoms with Gasteiger partial charge in [0.15, 0.2) is 5.82 Å². The third-order valence-electron chi connectivity index (χ3n) is 8.23. The van der Waals surface area contributed by atoms with Crippen molar-refractivity contribution < 1.29 is 0 Å². The summed E-state index contributed by atoms with van der Waals surface area (Å²) in [5, 5.41) is 6.60. The molecule has 0 bridgehead atoms. The number of rotatable bonds is 4. The van der Waals surface area contributed by atoms with Gasteiger partial charge in [-0.15, -0.1) is 0 Å². The normalized spacial score (nSPS) is 21.3. The fourth-order valence-corrected chi connectivity index (χ4v) is 6.38. The lowest BCUT2D eigenvalue weighted by molar-refractivity contribution is 0.600. The number of aromatic nitrogens is 5. The van der Waals surface area contributed by atoms with Crippen LogP contribution in [0.1, 0.15) is 37.2 Å². The van der Waals surface area contributed by atoms with Crippen LogP contribution in [0.5, 0.6) is 0 Å². The average Bonchev–Trinajstić information content (AvgIpc) is 3.30. The van der Waals surface area contributed by atoms with Gasteiger partial charge in [0.25, 0.3) is 0 Å². The van der Waals surface area contributed by atoms with Crippen LogP contribution in [0.3, 0.4) is 0 Å². The van der Waals surface area contributed by atoms with Crippen LogP contribution in [0, 0.1) is 0 Å². The zero-order chi connectivity index (χ0) is 24.5. The average molecular weight is 508 g/mol. The summed E-state index contributed by atoms with van der Waals surface area (Å²) in [4.78, 5) is 25.7. The third kappa shape index (κ3) is 3.52. The highest BCUT2D eigenvalue weighted by Gasteiger charge is 2.40. The van der Waals surface area contributed by atoms with Crippen LogP contribution in [-0.4, -0.2) is 50.1 Å². The van der Waals surface area contributed by atoms with E-state index >= 15 is 0 Å². The van der Waals surface area contributed by atoms with Crippen molar-refractivity contribution in [1.82, 2.24) is 30.2 Å². The Balaban J connectivity index is 1.32. The van der Waals surface area contributed by atoms with Crippen LogP contribution in [0.25, 0.3) is 44.6 Å². The van der Waals surface area contributed by atoms with Gasteiger partial charge < -0.3 is 15.2 Å². The van der Waals surface area contributed by atoms with E-state index in [4.69, 9.17) is 21.6 Å². The van der Waals surface area contributed by atoms with Gasteiger partial charge >= 0.3 is 0 Å². The number of nitrogens with zero attached hydrogens (tertiary/aromatic N) is 5. The minimum Gasteiger partial charge on any atom is -0.351 e. The van der Waals surface area contributed by atoms with E-state index in [0.29, 0.717) is 18.0 Å². The van der Waals surface area contributed by atoms with Crippen LogP contribution in [0.15, 0.2) is 55.0 Å². The van der Waals surface area contributed by atoms with E-state index in [2.05, 4.69) is 31.2 Å². The quantitative estimate of drug-likeness (QED) is 0.324. The first-order valence-corrected chi connectivity index (χ1v) is 13.5. The van der Waals surface area contributed by atoms with E-state index < -0.39 is 0 Å². The molecular weight excluding hydrogens is 482 g/mol. The van der Waals surface area contributed by atoms with Crippen LogP contribution in [-0.2, 0) is 0 Å². The van der Waals surface area contributed by atoms with Gasteiger partial charge in [-0.1, -0.05) is 23.7 Å². The molecule has 3 aliphatic rings. The maximum atomic E-state index is 6.12. The Hall–Kier alpha value is -3.55. The predicted molar refractivity (Wildman–Crippen MR) is 147 cm³/mol. The molecule has 5 aromatic rings. The SMILES string of the molecule is Clc1ccc(-c2cc3c(-c4nc(N5CCC6NCCC65)c5c(C6CC6)cncc5n4)ccnc3[nH]2)cc1. The van der Waals surface area contributed by atoms with E-state index in [1.54, 1.807) is 0 Å². The summed E-state index contributed by atoms with van der Waals surface area (Å²) < 4.78 is 0. The molecule has 37 heavy (non-hydrogen) atoms. The van der Waals surface area contributed by atoms with Crippen molar-refractivity contribution in [3.05, 3.63) is 65.6 Å². The second-order valence-electron chi connectivity index (χ2n) is 10.5. The molecule has 1 aliphatic carbocycles. The summed E-state index contributed by atoms with van der Waals surface area (Å²) in [6.45, 7) is 2.08. The Labute approximate surface area is 219 Å². The second-order valence-corrected chi connectivity index (χ2v) is 10.9. The molecule has 8 rings (SSSR count). The summed E-state index contributed by atoms with van der Waals surface area (Å²) >= 11 is 6.12. The standard InChI is InChI=1S/C29H26ClN7/c30-18-5-3-17(4-6-18)23-13-20-19(7-10-33-27(20)34-23)28-35-24-15-31-14-21(16-1-2-16)26(24)29(36-28)37-12-9-22-25(37)8-11-32-22/h3-7,10,13-16,22,25,32H,1-2,8-9,11-12H2,(H,33,34). The summed E-state index contributed by atoms with van der Waals surface area (Å²) in [5.74, 6) is 2.36. The van der Waals surface area contributed by atoms with Gasteiger partial charge in [-0.2, -0.15) is 0 Å². The van der Waals surface area contributed by atoms with Crippen molar-refractivity contribution in [3.63, 3.8) is 0 Å². The topological polar surface area (TPSA) is 82.6 Å². The van der Waals surface area contributed by atoms with Crippen molar-refractivity contribution in [3.8, 4) is 22.6 Å². The van der Waals surface area contributed by atoms with Crippen molar-refractivity contribution >= 4 is 39.4 Å². The molecule has 4 aromatic heterocycles. The van der Waals surface area contributed by atoms with Crippen molar-refractivity contribution in [2.24, 2.45) is 0 Å². The fourth-order valence-electron chi connectivity index (χ4n) is 6.26. The molecule has 7 nitrogen and oxygen atoms in total. The Bertz CT molecular complexity index is 1660. The first kappa shape index (κ1) is 21.5. The van der Waals surface area contributed by atoms with Crippen LogP contribution < -0.4 is 10.2 Å². The maximum Gasteiger partial charge on any atom is 0.163 e. The lowest BCUT2D eigenvalue weighted by Gasteiger charge is -2.27. The summed E-state index contributed by atoms with van der Waals surface area (Å²) in [6, 6.07) is 13.0. The van der Waals surface area contributed by atoms with Crippen molar-refractivity contribution in [2.45, 2.75) is 43.7 Å². The van der Waals surface area contributed by atoms with Gasteiger partial charge in [-0.25, -0.2) is 15.0 Å². The van der Waals surface area contributed by atoms with Gasteiger partial charge in [0, 0.05) is 58.1 Å². The first-order valence-electron chi connectivity index (χ1n) is 13.1. The van der Waals surface area contributed by atoms with E-state index in [1.807, 2.05) is 48.9 Å². The van der Waals surface area contributed by atoms with E-state index in [0.717, 1.165) is 76.0 Å². The van der Waals surface area contributed by atoms with Crippen molar-refractivity contribution in [1.29, 1.82) is 0 Å². The lowest BCUT2D eigenvalue weighted by atomic mass is 10.1. The number of anilines is 1. The zero-order valence-corrected chi connectivity index (χ0v) is 21.0. The number of fused-ring (bicyclic) bond motifs is 3. The third-order valence-corrected chi connectivity index (χ3v) is 8.48. The summed E-state index contributed by atoms with van der Waals surface area (Å²) in [7, 11) is 0. The molecule has 0 amide bonds. The summed E-state index contributed by atoms with van der Waals surface area (Å²) in [6.07, 6.45) is 10.5.